The number of rotatable bonds is 5. The van der Waals surface area contributed by atoms with Gasteiger partial charge in [-0.3, -0.25) is 4.79 Å². The summed E-state index contributed by atoms with van der Waals surface area (Å²) in [6.45, 7) is 3.24. The van der Waals surface area contributed by atoms with Crippen molar-refractivity contribution >= 4 is 31.9 Å². The van der Waals surface area contributed by atoms with Crippen LogP contribution in [0.4, 0.5) is 0 Å². The number of aliphatic carboxylic acids is 1. The van der Waals surface area contributed by atoms with Crippen molar-refractivity contribution in [2.45, 2.75) is 24.9 Å². The molecule has 0 saturated heterocycles. The first-order chi connectivity index (χ1) is 8.24. The van der Waals surface area contributed by atoms with Gasteiger partial charge in [-0.2, -0.15) is 4.72 Å². The number of nitrogens with one attached hydrogen (secondary N) is 1. The van der Waals surface area contributed by atoms with Gasteiger partial charge in [0, 0.05) is 10.7 Å². The van der Waals surface area contributed by atoms with E-state index in [-0.39, 0.29) is 10.9 Å². The third-order valence-corrected chi connectivity index (χ3v) is 4.02. The lowest BCUT2D eigenvalue weighted by Crippen LogP contribution is -2.44. The van der Waals surface area contributed by atoms with E-state index >= 15 is 0 Å². The van der Waals surface area contributed by atoms with E-state index in [1.807, 2.05) is 0 Å². The second-order valence-electron chi connectivity index (χ2n) is 4.00. The van der Waals surface area contributed by atoms with Crippen LogP contribution in [0.25, 0.3) is 0 Å². The van der Waals surface area contributed by atoms with Gasteiger partial charge in [-0.25, -0.2) is 13.4 Å². The molecule has 1 aromatic heterocycles. The number of aromatic nitrogens is 1. The molecule has 0 radical (unpaired) electrons. The van der Waals surface area contributed by atoms with Gasteiger partial charge in [0.1, 0.15) is 6.04 Å². The second kappa shape index (κ2) is 5.77. The first-order valence-electron chi connectivity index (χ1n) is 5.10. The Balaban J connectivity index is 3.01. The first kappa shape index (κ1) is 15.1. The lowest BCUT2D eigenvalue weighted by atomic mass is 10.1. The molecule has 18 heavy (non-hydrogen) atoms. The normalized spacial score (nSPS) is 13.6. The number of pyridine rings is 1. The first-order valence-corrected chi connectivity index (χ1v) is 7.38. The SMILES string of the molecule is CC(C)[C@@H](NS(=O)(=O)c1ccc(Br)cn1)C(=O)O. The third-order valence-electron chi connectivity index (χ3n) is 2.19. The van der Waals surface area contributed by atoms with Gasteiger partial charge in [0.05, 0.1) is 0 Å². The number of nitrogens with zero attached hydrogens (tertiary/aromatic N) is 1. The maximum Gasteiger partial charge on any atom is 0.322 e. The number of hydrogen-bond donors (Lipinski definition) is 2. The maximum absolute atomic E-state index is 11.9. The van der Waals surface area contributed by atoms with E-state index in [4.69, 9.17) is 5.11 Å². The van der Waals surface area contributed by atoms with Crippen molar-refractivity contribution in [2.75, 3.05) is 0 Å². The van der Waals surface area contributed by atoms with Crippen LogP contribution in [0, 0.1) is 5.92 Å². The molecule has 1 heterocycles. The van der Waals surface area contributed by atoms with Crippen molar-refractivity contribution < 1.29 is 18.3 Å². The van der Waals surface area contributed by atoms with Crippen LogP contribution in [0.1, 0.15) is 13.8 Å². The zero-order valence-electron chi connectivity index (χ0n) is 9.79. The summed E-state index contributed by atoms with van der Waals surface area (Å²) in [4.78, 5) is 14.7. The number of carbonyl (C=O) groups is 1. The Morgan fingerprint density at radius 1 is 1.44 bits per heavy atom. The topological polar surface area (TPSA) is 96.4 Å². The molecule has 1 aromatic rings. The number of hydrogen-bond acceptors (Lipinski definition) is 4. The maximum atomic E-state index is 11.9. The predicted octanol–water partition coefficient (Wildman–Crippen LogP) is 1.23. The summed E-state index contributed by atoms with van der Waals surface area (Å²) < 4.78 is 26.6. The average molecular weight is 337 g/mol. The van der Waals surface area contributed by atoms with Gasteiger partial charge in [-0.1, -0.05) is 13.8 Å². The lowest BCUT2D eigenvalue weighted by Gasteiger charge is -2.17. The summed E-state index contributed by atoms with van der Waals surface area (Å²) in [5, 5.41) is 8.73. The Hall–Kier alpha value is -0.990. The van der Waals surface area contributed by atoms with Gasteiger partial charge < -0.3 is 5.11 Å². The summed E-state index contributed by atoms with van der Waals surface area (Å²) in [6, 6.07) is 1.64. The van der Waals surface area contributed by atoms with Crippen molar-refractivity contribution in [1.82, 2.24) is 9.71 Å². The predicted molar refractivity (Wildman–Crippen MR) is 68.5 cm³/mol. The molecule has 0 fully saturated rings. The monoisotopic (exact) mass is 336 g/mol. The molecule has 8 heteroatoms. The summed E-state index contributed by atoms with van der Waals surface area (Å²) in [5.74, 6) is -1.58. The van der Waals surface area contributed by atoms with E-state index in [9.17, 15) is 13.2 Å². The summed E-state index contributed by atoms with van der Waals surface area (Å²) >= 11 is 3.14. The molecule has 0 aromatic carbocycles. The molecule has 1 rings (SSSR count). The minimum absolute atomic E-state index is 0.211. The van der Waals surface area contributed by atoms with Crippen molar-refractivity contribution in [3.8, 4) is 0 Å². The summed E-state index contributed by atoms with van der Waals surface area (Å²) in [7, 11) is -3.93. The second-order valence-corrected chi connectivity index (χ2v) is 6.57. The standard InChI is InChI=1S/C10H13BrN2O4S/c1-6(2)9(10(14)15)13-18(16,17)8-4-3-7(11)5-12-8/h3-6,9,13H,1-2H3,(H,14,15)/t9-/m1/s1. The quantitative estimate of drug-likeness (QED) is 0.842. The van der Waals surface area contributed by atoms with Gasteiger partial charge in [-0.05, 0) is 34.0 Å². The fourth-order valence-corrected chi connectivity index (χ4v) is 2.72. The Bertz CT molecular complexity index is 527. The fraction of sp³-hybridized carbons (Fsp3) is 0.400. The minimum atomic E-state index is -3.93. The van der Waals surface area contributed by atoms with Crippen LogP contribution in [0.3, 0.4) is 0 Å². The number of halogens is 1. The van der Waals surface area contributed by atoms with Crippen LogP contribution in [-0.2, 0) is 14.8 Å². The van der Waals surface area contributed by atoms with E-state index < -0.39 is 22.0 Å². The van der Waals surface area contributed by atoms with Crippen LogP contribution in [-0.4, -0.2) is 30.5 Å². The molecule has 0 bridgehead atoms. The van der Waals surface area contributed by atoms with Gasteiger partial charge in [0.2, 0.25) is 0 Å². The fourth-order valence-electron chi connectivity index (χ4n) is 1.22. The molecule has 6 nitrogen and oxygen atoms in total. The van der Waals surface area contributed by atoms with E-state index in [0.29, 0.717) is 4.47 Å². The molecule has 1 atom stereocenters. The van der Waals surface area contributed by atoms with Gasteiger partial charge in [0.15, 0.2) is 5.03 Å². The molecular weight excluding hydrogens is 324 g/mol. The van der Waals surface area contributed by atoms with Crippen molar-refractivity contribution in [3.63, 3.8) is 0 Å². The molecule has 100 valence electrons. The number of carboxylic acid groups (broad SMARTS) is 1. The molecule has 2 N–H and O–H groups in total. The Morgan fingerprint density at radius 2 is 2.06 bits per heavy atom. The summed E-state index contributed by atoms with van der Waals surface area (Å²) in [5.41, 5.74) is 0. The Morgan fingerprint density at radius 3 is 2.44 bits per heavy atom. The van der Waals surface area contributed by atoms with E-state index in [1.54, 1.807) is 13.8 Å². The largest absolute Gasteiger partial charge is 0.480 e. The summed E-state index contributed by atoms with van der Waals surface area (Å²) in [6.07, 6.45) is 1.33. The van der Waals surface area contributed by atoms with Crippen LogP contribution < -0.4 is 4.72 Å². The molecule has 0 aliphatic rings. The van der Waals surface area contributed by atoms with Crippen molar-refractivity contribution in [3.05, 3.63) is 22.8 Å². The lowest BCUT2D eigenvalue weighted by molar-refractivity contribution is -0.140. The van der Waals surface area contributed by atoms with Crippen molar-refractivity contribution in [2.24, 2.45) is 5.92 Å². The number of sulfonamides is 1. The molecular formula is C10H13BrN2O4S. The molecule has 0 aliphatic carbocycles. The number of carboxylic acids is 1. The van der Waals surface area contributed by atoms with Crippen LogP contribution in [0.2, 0.25) is 0 Å². The zero-order valence-corrected chi connectivity index (χ0v) is 12.2. The Labute approximate surface area is 114 Å². The van der Waals surface area contributed by atoms with E-state index in [0.717, 1.165) is 0 Å². The van der Waals surface area contributed by atoms with E-state index in [2.05, 4.69) is 25.6 Å². The molecule has 0 spiro atoms. The minimum Gasteiger partial charge on any atom is -0.480 e. The molecule has 0 amide bonds. The van der Waals surface area contributed by atoms with Gasteiger partial charge in [-0.15, -0.1) is 0 Å². The van der Waals surface area contributed by atoms with Gasteiger partial charge in [0.25, 0.3) is 10.0 Å². The highest BCUT2D eigenvalue weighted by atomic mass is 79.9. The molecule has 0 aliphatic heterocycles. The van der Waals surface area contributed by atoms with Gasteiger partial charge >= 0.3 is 5.97 Å². The van der Waals surface area contributed by atoms with E-state index in [1.165, 1.54) is 18.3 Å². The smallest absolute Gasteiger partial charge is 0.322 e. The van der Waals surface area contributed by atoms with Crippen LogP contribution in [0.15, 0.2) is 27.8 Å². The highest BCUT2D eigenvalue weighted by molar-refractivity contribution is 9.10. The Kier molecular flexibility index (Phi) is 4.83. The average Bonchev–Trinajstić information content (AvgIpc) is 2.26. The zero-order chi connectivity index (χ0) is 13.9. The van der Waals surface area contributed by atoms with Crippen molar-refractivity contribution in [1.29, 1.82) is 0 Å². The highest BCUT2D eigenvalue weighted by Crippen LogP contribution is 2.13. The van der Waals surface area contributed by atoms with Crippen LogP contribution in [0.5, 0.6) is 0 Å². The third kappa shape index (κ3) is 3.76. The molecule has 0 saturated carbocycles. The highest BCUT2D eigenvalue weighted by Gasteiger charge is 2.28. The van der Waals surface area contributed by atoms with Crippen LogP contribution >= 0.6 is 15.9 Å². The molecule has 0 unspecified atom stereocenters.